The lowest BCUT2D eigenvalue weighted by Gasteiger charge is -2.14. The summed E-state index contributed by atoms with van der Waals surface area (Å²) < 4.78 is 5.13. The highest BCUT2D eigenvalue weighted by Crippen LogP contribution is 2.34. The summed E-state index contributed by atoms with van der Waals surface area (Å²) in [6, 6.07) is 7.83. The average Bonchev–Trinajstić information content (AvgIpc) is 2.46. The van der Waals surface area contributed by atoms with Gasteiger partial charge < -0.3 is 10.1 Å². The molecule has 0 aliphatic carbocycles. The van der Waals surface area contributed by atoms with E-state index in [4.69, 9.17) is 27.9 Å². The number of benzene rings is 1. The highest BCUT2D eigenvalue weighted by molar-refractivity contribution is 6.39. The second-order valence-electron chi connectivity index (χ2n) is 4.49. The summed E-state index contributed by atoms with van der Waals surface area (Å²) in [4.78, 5) is 4.29. The van der Waals surface area contributed by atoms with Gasteiger partial charge in [-0.05, 0) is 31.5 Å². The van der Waals surface area contributed by atoms with Crippen LogP contribution < -0.4 is 10.1 Å². The Morgan fingerprint density at radius 1 is 1.05 bits per heavy atom. The number of methoxy groups -OCH3 is 1. The number of aryl methyl sites for hydroxylation is 2. The lowest BCUT2D eigenvalue weighted by atomic mass is 10.2. The molecule has 1 aromatic carbocycles. The third kappa shape index (κ3) is 4.16. The van der Waals surface area contributed by atoms with Gasteiger partial charge in [-0.2, -0.15) is 0 Å². The Morgan fingerprint density at radius 3 is 2.05 bits per heavy atom. The predicted octanol–water partition coefficient (Wildman–Crippen LogP) is 5.05. The van der Waals surface area contributed by atoms with Crippen molar-refractivity contribution >= 4 is 41.3 Å². The van der Waals surface area contributed by atoms with Crippen molar-refractivity contribution in [3.63, 3.8) is 0 Å². The summed E-state index contributed by atoms with van der Waals surface area (Å²) in [6.45, 7) is 4.36. The monoisotopic (exact) mass is 346 g/mol. The molecule has 1 N–H and O–H groups in total. The fourth-order valence-electron chi connectivity index (χ4n) is 1.90. The van der Waals surface area contributed by atoms with Crippen LogP contribution in [0.15, 0.2) is 24.3 Å². The summed E-state index contributed by atoms with van der Waals surface area (Å²) in [7, 11) is 1.65. The number of nitrogens with zero attached hydrogens (tertiary/aromatic N) is 1. The molecule has 0 saturated carbocycles. The van der Waals surface area contributed by atoms with Crippen LogP contribution in [-0.4, -0.2) is 12.1 Å². The molecule has 3 nitrogen and oxygen atoms in total. The molecule has 114 valence electrons. The third-order valence-electron chi connectivity index (χ3n) is 3.04. The molecular weight excluding hydrogens is 331 g/mol. The molecule has 0 bridgehead atoms. The molecular formula is C15H17Cl3N2O. The van der Waals surface area contributed by atoms with Crippen LogP contribution in [0, 0.1) is 13.8 Å². The van der Waals surface area contributed by atoms with Crippen molar-refractivity contribution < 1.29 is 4.74 Å². The second-order valence-corrected chi connectivity index (χ2v) is 5.24. The molecule has 2 rings (SSSR count). The summed E-state index contributed by atoms with van der Waals surface area (Å²) in [5, 5.41) is 4.40. The highest BCUT2D eigenvalue weighted by atomic mass is 35.5. The minimum absolute atomic E-state index is 0. The second kappa shape index (κ2) is 7.74. The Hall–Kier alpha value is -1.16. The Labute approximate surface area is 141 Å². The molecule has 0 fully saturated rings. The first kappa shape index (κ1) is 17.9. The first-order valence-corrected chi connectivity index (χ1v) is 6.97. The van der Waals surface area contributed by atoms with Crippen molar-refractivity contribution in [2.75, 3.05) is 12.4 Å². The van der Waals surface area contributed by atoms with Crippen molar-refractivity contribution in [3.05, 3.63) is 51.3 Å². The van der Waals surface area contributed by atoms with Gasteiger partial charge in [-0.1, -0.05) is 35.3 Å². The molecule has 0 radical (unpaired) electrons. The van der Waals surface area contributed by atoms with Crippen LogP contribution in [0.4, 0.5) is 5.69 Å². The molecule has 0 unspecified atom stereocenters. The Bertz CT molecular complexity index is 589. The first-order chi connectivity index (χ1) is 9.52. The van der Waals surface area contributed by atoms with Crippen LogP contribution in [0.3, 0.4) is 0 Å². The number of ether oxygens (including phenoxy) is 1. The van der Waals surface area contributed by atoms with E-state index in [9.17, 15) is 0 Å². The van der Waals surface area contributed by atoms with Crippen molar-refractivity contribution in [1.82, 2.24) is 4.98 Å². The van der Waals surface area contributed by atoms with Gasteiger partial charge in [-0.3, -0.25) is 4.98 Å². The van der Waals surface area contributed by atoms with Crippen LogP contribution in [0.1, 0.15) is 17.0 Å². The molecule has 0 spiro atoms. The number of nitrogens with one attached hydrogen (secondary N) is 1. The number of anilines is 1. The summed E-state index contributed by atoms with van der Waals surface area (Å²) in [5.74, 6) is 0.834. The summed E-state index contributed by atoms with van der Waals surface area (Å²) in [5.41, 5.74) is 3.38. The van der Waals surface area contributed by atoms with Crippen molar-refractivity contribution in [2.24, 2.45) is 0 Å². The van der Waals surface area contributed by atoms with Gasteiger partial charge in [0.25, 0.3) is 0 Å². The largest absolute Gasteiger partial charge is 0.497 e. The molecule has 0 aliphatic rings. The summed E-state index contributed by atoms with van der Waals surface area (Å²) >= 11 is 12.5. The lowest BCUT2D eigenvalue weighted by Crippen LogP contribution is -2.03. The van der Waals surface area contributed by atoms with E-state index in [1.807, 2.05) is 38.1 Å². The summed E-state index contributed by atoms with van der Waals surface area (Å²) in [6.07, 6.45) is 0. The number of aromatic nitrogens is 1. The number of halogens is 3. The molecule has 0 atom stereocenters. The van der Waals surface area contributed by atoms with Crippen molar-refractivity contribution in [3.8, 4) is 5.75 Å². The van der Waals surface area contributed by atoms with E-state index < -0.39 is 0 Å². The number of pyridine rings is 1. The van der Waals surface area contributed by atoms with Gasteiger partial charge >= 0.3 is 0 Å². The quantitative estimate of drug-likeness (QED) is 0.840. The van der Waals surface area contributed by atoms with Crippen LogP contribution in [0.5, 0.6) is 5.75 Å². The maximum atomic E-state index is 6.25. The fourth-order valence-corrected chi connectivity index (χ4v) is 2.35. The first-order valence-electron chi connectivity index (χ1n) is 6.22. The Kier molecular flexibility index (Phi) is 6.59. The number of hydrogen-bond donors (Lipinski definition) is 1. The van der Waals surface area contributed by atoms with E-state index in [2.05, 4.69) is 10.3 Å². The third-order valence-corrected chi connectivity index (χ3v) is 3.96. The molecule has 0 saturated heterocycles. The van der Waals surface area contributed by atoms with Crippen LogP contribution in [-0.2, 0) is 6.54 Å². The Balaban J connectivity index is 0.00000220. The van der Waals surface area contributed by atoms with Crippen molar-refractivity contribution in [2.45, 2.75) is 20.4 Å². The maximum Gasteiger partial charge on any atom is 0.118 e. The minimum Gasteiger partial charge on any atom is -0.497 e. The molecule has 1 aromatic heterocycles. The predicted molar refractivity (Wildman–Crippen MR) is 91.3 cm³/mol. The SMILES string of the molecule is COc1ccc(CNc2c(Cl)c(C)nc(C)c2Cl)cc1.Cl. The maximum absolute atomic E-state index is 6.25. The van der Waals surface area contributed by atoms with Gasteiger partial charge in [0.1, 0.15) is 5.75 Å². The van der Waals surface area contributed by atoms with E-state index in [0.29, 0.717) is 16.6 Å². The molecule has 0 amide bonds. The zero-order chi connectivity index (χ0) is 14.7. The standard InChI is InChI=1S/C15H16Cl2N2O.ClH/c1-9-13(16)15(14(17)10(2)19-9)18-8-11-4-6-12(20-3)7-5-11;/h4-7H,8H2,1-3H3,(H,18,19);1H. The van der Waals surface area contributed by atoms with Gasteiger partial charge in [0.05, 0.1) is 34.2 Å². The minimum atomic E-state index is 0. The van der Waals surface area contributed by atoms with E-state index >= 15 is 0 Å². The van der Waals surface area contributed by atoms with E-state index in [1.54, 1.807) is 7.11 Å². The molecule has 2 aromatic rings. The number of hydrogen-bond acceptors (Lipinski definition) is 3. The molecule has 6 heteroatoms. The van der Waals surface area contributed by atoms with Crippen LogP contribution in [0.2, 0.25) is 10.0 Å². The van der Waals surface area contributed by atoms with Crippen molar-refractivity contribution in [1.29, 1.82) is 0 Å². The van der Waals surface area contributed by atoms with E-state index in [0.717, 1.165) is 28.4 Å². The lowest BCUT2D eigenvalue weighted by molar-refractivity contribution is 0.414. The number of rotatable bonds is 4. The zero-order valence-corrected chi connectivity index (χ0v) is 14.4. The fraction of sp³-hybridized carbons (Fsp3) is 0.267. The Morgan fingerprint density at radius 2 is 1.57 bits per heavy atom. The van der Waals surface area contributed by atoms with Crippen LogP contribution >= 0.6 is 35.6 Å². The van der Waals surface area contributed by atoms with Gasteiger partial charge in [-0.25, -0.2) is 0 Å². The molecule has 21 heavy (non-hydrogen) atoms. The highest BCUT2D eigenvalue weighted by Gasteiger charge is 2.12. The topological polar surface area (TPSA) is 34.1 Å². The average molecular weight is 348 g/mol. The zero-order valence-electron chi connectivity index (χ0n) is 12.0. The normalized spacial score (nSPS) is 9.95. The van der Waals surface area contributed by atoms with Gasteiger partial charge in [0, 0.05) is 6.54 Å². The van der Waals surface area contributed by atoms with E-state index in [-0.39, 0.29) is 12.4 Å². The van der Waals surface area contributed by atoms with Gasteiger partial charge in [0.15, 0.2) is 0 Å². The van der Waals surface area contributed by atoms with Gasteiger partial charge in [-0.15, -0.1) is 12.4 Å². The van der Waals surface area contributed by atoms with Gasteiger partial charge in [0.2, 0.25) is 0 Å². The smallest absolute Gasteiger partial charge is 0.118 e. The molecule has 1 heterocycles. The molecule has 0 aliphatic heterocycles. The van der Waals surface area contributed by atoms with E-state index in [1.165, 1.54) is 0 Å². The van der Waals surface area contributed by atoms with Crippen LogP contribution in [0.25, 0.3) is 0 Å².